The van der Waals surface area contributed by atoms with Gasteiger partial charge < -0.3 is 19.9 Å². The van der Waals surface area contributed by atoms with E-state index in [2.05, 4.69) is 51.6 Å². The minimum atomic E-state index is -0.545. The van der Waals surface area contributed by atoms with E-state index in [0.29, 0.717) is 34.9 Å². The molecular formula is C23H33BrN4O3S. The Labute approximate surface area is 203 Å². The van der Waals surface area contributed by atoms with Gasteiger partial charge in [0.2, 0.25) is 0 Å². The van der Waals surface area contributed by atoms with Crippen molar-refractivity contribution < 1.29 is 14.3 Å². The second-order valence-corrected chi connectivity index (χ2v) is 11.0. The molecule has 1 aliphatic heterocycles. The minimum Gasteiger partial charge on any atom is -0.444 e. The molecule has 1 fully saturated rings. The summed E-state index contributed by atoms with van der Waals surface area (Å²) >= 11 is 4.65. The van der Waals surface area contributed by atoms with Crippen LogP contribution in [0.2, 0.25) is 0 Å². The quantitative estimate of drug-likeness (QED) is 0.518. The first-order chi connectivity index (χ1) is 15.0. The molecule has 0 bridgehead atoms. The van der Waals surface area contributed by atoms with Crippen LogP contribution in [0.1, 0.15) is 52.0 Å². The fourth-order valence-corrected chi connectivity index (χ4v) is 4.44. The zero-order chi connectivity index (χ0) is 24.1. The van der Waals surface area contributed by atoms with Gasteiger partial charge in [0, 0.05) is 25.0 Å². The van der Waals surface area contributed by atoms with Crippen molar-refractivity contribution in [1.29, 1.82) is 0 Å². The van der Waals surface area contributed by atoms with Crippen molar-refractivity contribution in [1.82, 2.24) is 20.1 Å². The summed E-state index contributed by atoms with van der Waals surface area (Å²) in [7, 11) is 0. The molecule has 176 valence electrons. The number of thiazole rings is 1. The average Bonchev–Trinajstić information content (AvgIpc) is 3.15. The molecule has 0 saturated carbocycles. The number of halogens is 1. The Balaban J connectivity index is 2.22. The van der Waals surface area contributed by atoms with Crippen LogP contribution in [0.5, 0.6) is 0 Å². The molecule has 7 nitrogen and oxygen atoms in total. The lowest BCUT2D eigenvalue weighted by Gasteiger charge is -2.45. The summed E-state index contributed by atoms with van der Waals surface area (Å²) in [5.41, 5.74) is 1.33. The van der Waals surface area contributed by atoms with Gasteiger partial charge in [0.25, 0.3) is 5.91 Å². The molecular weight excluding hydrogens is 492 g/mol. The van der Waals surface area contributed by atoms with Gasteiger partial charge in [-0.2, -0.15) is 0 Å². The van der Waals surface area contributed by atoms with E-state index in [9.17, 15) is 9.59 Å². The van der Waals surface area contributed by atoms with Gasteiger partial charge in [-0.25, -0.2) is 9.78 Å². The summed E-state index contributed by atoms with van der Waals surface area (Å²) in [4.78, 5) is 33.7. The van der Waals surface area contributed by atoms with Crippen LogP contribution in [0.15, 0.2) is 45.5 Å². The van der Waals surface area contributed by atoms with Gasteiger partial charge in [-0.1, -0.05) is 32.6 Å². The van der Waals surface area contributed by atoms with Crippen LogP contribution in [-0.2, 0) is 4.74 Å². The molecule has 0 spiro atoms. The smallest absolute Gasteiger partial charge is 0.410 e. The third-order valence-electron chi connectivity index (χ3n) is 4.95. The van der Waals surface area contributed by atoms with E-state index in [0.717, 1.165) is 5.70 Å². The van der Waals surface area contributed by atoms with Gasteiger partial charge in [-0.15, -0.1) is 11.3 Å². The molecule has 2 rings (SSSR count). The number of aromatic nitrogens is 1. The molecule has 32 heavy (non-hydrogen) atoms. The zero-order valence-corrected chi connectivity index (χ0v) is 22.0. The van der Waals surface area contributed by atoms with Crippen LogP contribution in [0.25, 0.3) is 0 Å². The van der Waals surface area contributed by atoms with Gasteiger partial charge in [0.15, 0.2) is 3.92 Å². The highest BCUT2D eigenvalue weighted by Gasteiger charge is 2.36. The van der Waals surface area contributed by atoms with E-state index in [1.54, 1.807) is 11.5 Å². The maximum absolute atomic E-state index is 12.8. The highest BCUT2D eigenvalue weighted by atomic mass is 79.9. The number of amides is 2. The van der Waals surface area contributed by atoms with Crippen molar-refractivity contribution in [2.75, 3.05) is 19.6 Å². The lowest BCUT2D eigenvalue weighted by molar-refractivity contribution is -0.00490. The fraction of sp³-hybridized carbons (Fsp3) is 0.522. The number of piperazine rings is 1. The van der Waals surface area contributed by atoms with E-state index in [1.807, 2.05) is 44.7 Å². The Morgan fingerprint density at radius 1 is 1.38 bits per heavy atom. The first-order valence-corrected chi connectivity index (χ1v) is 12.3. The molecule has 0 aromatic carbocycles. The number of rotatable bonds is 6. The van der Waals surface area contributed by atoms with Crippen LogP contribution >= 0.6 is 27.3 Å². The molecule has 1 aliphatic rings. The molecule has 1 aromatic heterocycles. The van der Waals surface area contributed by atoms with Crippen molar-refractivity contribution in [3.63, 3.8) is 0 Å². The van der Waals surface area contributed by atoms with Crippen molar-refractivity contribution in [3.05, 3.63) is 51.2 Å². The maximum atomic E-state index is 12.8. The Morgan fingerprint density at radius 3 is 2.56 bits per heavy atom. The largest absolute Gasteiger partial charge is 0.444 e. The predicted octanol–water partition coefficient (Wildman–Crippen LogP) is 5.19. The third-order valence-corrected chi connectivity index (χ3v) is 6.32. The van der Waals surface area contributed by atoms with Crippen LogP contribution in [0.4, 0.5) is 4.79 Å². The van der Waals surface area contributed by atoms with Crippen LogP contribution in [0.3, 0.4) is 0 Å². The number of hydrogen-bond acceptors (Lipinski definition) is 6. The first-order valence-electron chi connectivity index (χ1n) is 10.6. The summed E-state index contributed by atoms with van der Waals surface area (Å²) in [5.74, 6) is -0.0471. The third kappa shape index (κ3) is 6.93. The molecule has 2 amide bonds. The number of carbonyl (C=O) groups is 2. The minimum absolute atomic E-state index is 0.0323. The second kappa shape index (κ2) is 11.1. The Bertz CT molecular complexity index is 901. The molecule has 1 aromatic rings. The van der Waals surface area contributed by atoms with E-state index in [-0.39, 0.29) is 24.0 Å². The molecule has 9 heteroatoms. The number of allylic oxidation sites excluding steroid dienone is 3. The number of nitrogens with zero attached hydrogens (tertiary/aromatic N) is 3. The monoisotopic (exact) mass is 524 g/mol. The summed E-state index contributed by atoms with van der Waals surface area (Å²) in [6.45, 7) is 17.3. The molecule has 1 saturated heterocycles. The predicted molar refractivity (Wildman–Crippen MR) is 132 cm³/mol. The van der Waals surface area contributed by atoms with Crippen LogP contribution < -0.4 is 5.32 Å². The van der Waals surface area contributed by atoms with Gasteiger partial charge >= 0.3 is 6.09 Å². The van der Waals surface area contributed by atoms with Gasteiger partial charge in [-0.3, -0.25) is 4.79 Å². The number of ether oxygens (including phenoxy) is 1. The molecule has 2 heterocycles. The molecule has 0 radical (unpaired) electrons. The number of carbonyl (C=O) groups excluding carboxylic acids is 2. The summed E-state index contributed by atoms with van der Waals surface area (Å²) in [5, 5.41) is 4.68. The Hall–Kier alpha value is -2.13. The van der Waals surface area contributed by atoms with Gasteiger partial charge in [0.05, 0.1) is 17.4 Å². The zero-order valence-electron chi connectivity index (χ0n) is 19.6. The highest BCUT2D eigenvalue weighted by molar-refractivity contribution is 9.11. The van der Waals surface area contributed by atoms with E-state index in [1.165, 1.54) is 11.3 Å². The van der Waals surface area contributed by atoms with Gasteiger partial charge in [-0.05, 0) is 55.6 Å². The van der Waals surface area contributed by atoms with Crippen molar-refractivity contribution in [3.8, 4) is 0 Å². The summed E-state index contributed by atoms with van der Waals surface area (Å²) in [6, 6.07) is -0.0323. The van der Waals surface area contributed by atoms with Crippen LogP contribution in [0, 0.1) is 5.92 Å². The normalized spacial score (nSPS) is 18.1. The van der Waals surface area contributed by atoms with Crippen molar-refractivity contribution in [2.24, 2.45) is 5.92 Å². The summed E-state index contributed by atoms with van der Waals surface area (Å²) in [6.07, 6.45) is 5.15. The summed E-state index contributed by atoms with van der Waals surface area (Å²) < 4.78 is 6.29. The number of hydrogen-bond donors (Lipinski definition) is 1. The van der Waals surface area contributed by atoms with E-state index >= 15 is 0 Å². The molecule has 0 aliphatic carbocycles. The molecule has 1 N–H and O–H groups in total. The Kier molecular flexibility index (Phi) is 9.09. The van der Waals surface area contributed by atoms with E-state index < -0.39 is 5.60 Å². The van der Waals surface area contributed by atoms with E-state index in [4.69, 9.17) is 4.74 Å². The maximum Gasteiger partial charge on any atom is 0.410 e. The lowest BCUT2D eigenvalue weighted by Crippen LogP contribution is -2.57. The lowest BCUT2D eigenvalue weighted by atomic mass is 9.99. The fourth-order valence-electron chi connectivity index (χ4n) is 3.45. The molecule has 1 atom stereocenters. The number of nitrogens with one attached hydrogen (secondary N) is 1. The SMILES string of the molecule is C=C/C=C(\C(=C/C)NC(=O)c1csc(Br)n1)N1CCN(C(=O)OC(C)(C)C)[C@@H](C(C)C)C1. The van der Waals surface area contributed by atoms with Crippen LogP contribution in [-0.4, -0.2) is 58.1 Å². The average molecular weight is 526 g/mol. The topological polar surface area (TPSA) is 74.8 Å². The Morgan fingerprint density at radius 2 is 2.06 bits per heavy atom. The van der Waals surface area contributed by atoms with Crippen molar-refractivity contribution >= 4 is 39.3 Å². The highest BCUT2D eigenvalue weighted by Crippen LogP contribution is 2.25. The van der Waals surface area contributed by atoms with Gasteiger partial charge in [0.1, 0.15) is 11.3 Å². The standard InChI is InChI=1S/C23H33BrN4O3S/c1-8-10-18(16(9-2)25-20(29)17-14-32-21(24)26-17)27-11-12-28(19(13-27)15(3)4)22(30)31-23(5,6)7/h8-10,14-15,19H,1,11-13H2,2-7H3,(H,25,29)/b16-9+,18-10+/t19-/m1/s1. The van der Waals surface area contributed by atoms with Crippen molar-refractivity contribution in [2.45, 2.75) is 53.2 Å². The second-order valence-electron chi connectivity index (χ2n) is 8.86. The molecule has 0 unspecified atom stereocenters. The first kappa shape index (κ1) is 26.1.